The van der Waals surface area contributed by atoms with Gasteiger partial charge in [-0.1, -0.05) is 0 Å². The van der Waals surface area contributed by atoms with Gasteiger partial charge in [-0.05, 0) is 59.1 Å². The van der Waals surface area contributed by atoms with Gasteiger partial charge in [0.1, 0.15) is 6.10 Å². The van der Waals surface area contributed by atoms with E-state index in [2.05, 4.69) is 4.98 Å². The summed E-state index contributed by atoms with van der Waals surface area (Å²) >= 11 is 0. The van der Waals surface area contributed by atoms with E-state index in [0.717, 1.165) is 25.0 Å². The lowest BCUT2D eigenvalue weighted by Gasteiger charge is -2.30. The second-order valence-corrected chi connectivity index (χ2v) is 6.10. The number of ether oxygens (including phenoxy) is 3. The van der Waals surface area contributed by atoms with Crippen LogP contribution in [0.4, 0.5) is 0 Å². The second-order valence-electron chi connectivity index (χ2n) is 6.10. The summed E-state index contributed by atoms with van der Waals surface area (Å²) in [6, 6.07) is 3.57. The summed E-state index contributed by atoms with van der Waals surface area (Å²) in [5.74, 6) is -0.348. The first kappa shape index (κ1) is 16.9. The molecule has 2 heterocycles. The van der Waals surface area contributed by atoms with Crippen molar-refractivity contribution < 1.29 is 19.0 Å². The van der Waals surface area contributed by atoms with Crippen molar-refractivity contribution >= 4 is 5.97 Å². The summed E-state index contributed by atoms with van der Waals surface area (Å²) in [6.07, 6.45) is 4.18. The molecule has 0 aromatic carbocycles. The minimum Gasteiger partial charge on any atom is -0.459 e. The number of rotatable bonds is 5. The second kappa shape index (κ2) is 7.70. The van der Waals surface area contributed by atoms with E-state index in [1.54, 1.807) is 12.3 Å². The third kappa shape index (κ3) is 4.78. The van der Waals surface area contributed by atoms with Crippen molar-refractivity contribution in [2.24, 2.45) is 0 Å². The molecule has 1 fully saturated rings. The van der Waals surface area contributed by atoms with Crippen LogP contribution >= 0.6 is 0 Å². The molecule has 0 N–H and O–H groups in total. The molecule has 0 bridgehead atoms. The fraction of sp³-hybridized carbons (Fsp3) is 0.647. The first-order valence-electron chi connectivity index (χ1n) is 7.93. The molecule has 0 spiro atoms. The Labute approximate surface area is 132 Å². The van der Waals surface area contributed by atoms with Crippen molar-refractivity contribution in [1.29, 1.82) is 0 Å². The largest absolute Gasteiger partial charge is 0.459 e. The predicted octanol–water partition coefficient (Wildman–Crippen LogP) is 3.64. The van der Waals surface area contributed by atoms with Crippen molar-refractivity contribution in [2.45, 2.75) is 71.6 Å². The van der Waals surface area contributed by atoms with Gasteiger partial charge >= 0.3 is 5.97 Å². The van der Waals surface area contributed by atoms with E-state index in [-0.39, 0.29) is 30.6 Å². The highest BCUT2D eigenvalue weighted by Gasteiger charge is 2.26. The maximum atomic E-state index is 11.8. The molecule has 1 aromatic rings. The SMILES string of the molecule is CC(C)OC(=O)c1ccc(C2CCCC(OC(C)C)O2)nc1. The van der Waals surface area contributed by atoms with Crippen molar-refractivity contribution in [1.82, 2.24) is 4.98 Å². The standard InChI is InChI=1S/C17H25NO4/c1-11(2)20-16-7-5-6-15(22-16)14-9-8-13(10-18-14)17(19)21-12(3)4/h8-12,15-16H,5-7H2,1-4H3. The number of carbonyl (C=O) groups is 1. The lowest BCUT2D eigenvalue weighted by molar-refractivity contribution is -0.211. The molecule has 2 rings (SSSR count). The van der Waals surface area contributed by atoms with E-state index in [9.17, 15) is 4.79 Å². The smallest absolute Gasteiger partial charge is 0.339 e. The third-order valence-electron chi connectivity index (χ3n) is 3.34. The van der Waals surface area contributed by atoms with Crippen molar-refractivity contribution in [3.8, 4) is 0 Å². The zero-order chi connectivity index (χ0) is 16.1. The lowest BCUT2D eigenvalue weighted by Crippen LogP contribution is -2.27. The molecule has 0 saturated carbocycles. The summed E-state index contributed by atoms with van der Waals surface area (Å²) in [5, 5.41) is 0. The lowest BCUT2D eigenvalue weighted by atomic mass is 10.0. The van der Waals surface area contributed by atoms with E-state index >= 15 is 0 Å². The first-order chi connectivity index (χ1) is 10.5. The minimum absolute atomic E-state index is 0.0762. The molecule has 0 radical (unpaired) electrons. The van der Waals surface area contributed by atoms with Gasteiger partial charge in [-0.15, -0.1) is 0 Å². The molecular formula is C17H25NO4. The van der Waals surface area contributed by atoms with E-state index < -0.39 is 0 Å². The number of aromatic nitrogens is 1. The highest BCUT2D eigenvalue weighted by molar-refractivity contribution is 5.89. The molecule has 2 unspecified atom stereocenters. The van der Waals surface area contributed by atoms with Gasteiger partial charge in [0, 0.05) is 6.20 Å². The average Bonchev–Trinajstić information content (AvgIpc) is 2.46. The zero-order valence-electron chi connectivity index (χ0n) is 13.7. The van der Waals surface area contributed by atoms with Crippen LogP contribution in [0.25, 0.3) is 0 Å². The number of nitrogens with zero attached hydrogens (tertiary/aromatic N) is 1. The molecule has 0 amide bonds. The number of esters is 1. The average molecular weight is 307 g/mol. The van der Waals surface area contributed by atoms with Gasteiger partial charge < -0.3 is 14.2 Å². The Hall–Kier alpha value is -1.46. The van der Waals surface area contributed by atoms with Crippen LogP contribution in [0.5, 0.6) is 0 Å². The van der Waals surface area contributed by atoms with Crippen LogP contribution in [0, 0.1) is 0 Å². The summed E-state index contributed by atoms with van der Waals surface area (Å²) in [6.45, 7) is 7.65. The van der Waals surface area contributed by atoms with E-state index in [1.807, 2.05) is 33.8 Å². The molecule has 5 nitrogen and oxygen atoms in total. The van der Waals surface area contributed by atoms with Gasteiger partial charge in [-0.2, -0.15) is 0 Å². The Morgan fingerprint density at radius 3 is 2.59 bits per heavy atom. The van der Waals surface area contributed by atoms with E-state index in [0.29, 0.717) is 5.56 Å². The molecular weight excluding hydrogens is 282 g/mol. The van der Waals surface area contributed by atoms with Crippen LogP contribution in [-0.2, 0) is 14.2 Å². The molecule has 0 aliphatic carbocycles. The van der Waals surface area contributed by atoms with Gasteiger partial charge in [0.15, 0.2) is 6.29 Å². The van der Waals surface area contributed by atoms with E-state index in [1.165, 1.54) is 0 Å². The topological polar surface area (TPSA) is 57.7 Å². The van der Waals surface area contributed by atoms with Gasteiger partial charge in [0.2, 0.25) is 0 Å². The summed E-state index contributed by atoms with van der Waals surface area (Å²) < 4.78 is 16.8. The Morgan fingerprint density at radius 2 is 2.00 bits per heavy atom. The highest BCUT2D eigenvalue weighted by Crippen LogP contribution is 2.31. The zero-order valence-corrected chi connectivity index (χ0v) is 13.7. The fourth-order valence-electron chi connectivity index (χ4n) is 2.41. The maximum Gasteiger partial charge on any atom is 0.339 e. The normalized spacial score (nSPS) is 22.1. The Kier molecular flexibility index (Phi) is 5.91. The van der Waals surface area contributed by atoms with Gasteiger partial charge in [-0.25, -0.2) is 4.79 Å². The Bertz CT molecular complexity index is 484. The molecule has 2 atom stereocenters. The van der Waals surface area contributed by atoms with Gasteiger partial charge in [0.25, 0.3) is 0 Å². The first-order valence-corrected chi connectivity index (χ1v) is 7.93. The Balaban J connectivity index is 1.99. The molecule has 1 aliphatic heterocycles. The molecule has 1 aliphatic rings. The van der Waals surface area contributed by atoms with Crippen molar-refractivity contribution in [2.75, 3.05) is 0 Å². The fourth-order valence-corrected chi connectivity index (χ4v) is 2.41. The predicted molar refractivity (Wildman–Crippen MR) is 82.5 cm³/mol. The van der Waals surface area contributed by atoms with Crippen LogP contribution < -0.4 is 0 Å². The summed E-state index contributed by atoms with van der Waals surface area (Å²) in [4.78, 5) is 16.2. The highest BCUT2D eigenvalue weighted by atomic mass is 16.7. The summed E-state index contributed by atoms with van der Waals surface area (Å²) in [7, 11) is 0. The van der Waals surface area contributed by atoms with Crippen LogP contribution in [0.2, 0.25) is 0 Å². The van der Waals surface area contributed by atoms with Crippen LogP contribution in [-0.4, -0.2) is 29.5 Å². The molecule has 1 aromatic heterocycles. The number of pyridine rings is 1. The third-order valence-corrected chi connectivity index (χ3v) is 3.34. The maximum absolute atomic E-state index is 11.8. The van der Waals surface area contributed by atoms with Crippen molar-refractivity contribution in [3.63, 3.8) is 0 Å². The minimum atomic E-state index is -0.348. The van der Waals surface area contributed by atoms with Gasteiger partial charge in [0.05, 0.1) is 23.5 Å². The molecule has 5 heteroatoms. The van der Waals surface area contributed by atoms with Crippen LogP contribution in [0.1, 0.15) is 69.1 Å². The Morgan fingerprint density at radius 1 is 1.23 bits per heavy atom. The number of hydrogen-bond acceptors (Lipinski definition) is 5. The molecule has 1 saturated heterocycles. The molecule has 22 heavy (non-hydrogen) atoms. The molecule has 122 valence electrons. The van der Waals surface area contributed by atoms with Crippen LogP contribution in [0.15, 0.2) is 18.3 Å². The van der Waals surface area contributed by atoms with Crippen molar-refractivity contribution in [3.05, 3.63) is 29.6 Å². The van der Waals surface area contributed by atoms with Crippen LogP contribution in [0.3, 0.4) is 0 Å². The quantitative estimate of drug-likeness (QED) is 0.777. The monoisotopic (exact) mass is 307 g/mol. The van der Waals surface area contributed by atoms with E-state index in [4.69, 9.17) is 14.2 Å². The summed E-state index contributed by atoms with van der Waals surface area (Å²) in [5.41, 5.74) is 1.29. The number of carbonyl (C=O) groups excluding carboxylic acids is 1. The number of hydrogen-bond donors (Lipinski definition) is 0. The van der Waals surface area contributed by atoms with Gasteiger partial charge in [-0.3, -0.25) is 4.98 Å².